The molecule has 0 spiro atoms. The van der Waals surface area contributed by atoms with E-state index < -0.39 is 0 Å². The minimum atomic E-state index is 0.0805. The molecule has 0 aliphatic carbocycles. The molecule has 8 heteroatoms. The summed E-state index contributed by atoms with van der Waals surface area (Å²) in [6.07, 6.45) is 0. The van der Waals surface area contributed by atoms with Crippen LogP contribution in [0, 0.1) is 0 Å². The molecule has 1 aliphatic heterocycles. The van der Waals surface area contributed by atoms with Gasteiger partial charge in [0.2, 0.25) is 11.8 Å². The van der Waals surface area contributed by atoms with E-state index >= 15 is 0 Å². The highest BCUT2D eigenvalue weighted by atomic mass is 32.2. The Morgan fingerprint density at radius 3 is 2.52 bits per heavy atom. The SMILES string of the molecule is CCN(CC)C(=O)CN1CCN(C(=O)CSc2nc3ccccc3o2)CC1. The number of fused-ring (bicyclic) bond motifs is 1. The zero-order valence-corrected chi connectivity index (χ0v) is 16.7. The zero-order valence-electron chi connectivity index (χ0n) is 15.9. The summed E-state index contributed by atoms with van der Waals surface area (Å²) in [5.74, 6) is 0.550. The summed E-state index contributed by atoms with van der Waals surface area (Å²) in [5, 5.41) is 0.521. The minimum absolute atomic E-state index is 0.0805. The van der Waals surface area contributed by atoms with Crippen LogP contribution in [0.3, 0.4) is 0 Å². The molecule has 7 nitrogen and oxygen atoms in total. The third-order valence-electron chi connectivity index (χ3n) is 4.79. The molecule has 1 saturated heterocycles. The number of carbonyl (C=O) groups excluding carboxylic acids is 2. The molecule has 1 aliphatic rings. The Bertz CT molecular complexity index is 749. The average molecular weight is 391 g/mol. The van der Waals surface area contributed by atoms with Gasteiger partial charge in [-0.1, -0.05) is 23.9 Å². The van der Waals surface area contributed by atoms with Gasteiger partial charge >= 0.3 is 0 Å². The topological polar surface area (TPSA) is 69.9 Å². The molecule has 27 heavy (non-hydrogen) atoms. The van der Waals surface area contributed by atoms with Crippen LogP contribution >= 0.6 is 11.8 Å². The average Bonchev–Trinajstić information content (AvgIpc) is 3.10. The number of benzene rings is 1. The van der Waals surface area contributed by atoms with Gasteiger partial charge in [0.25, 0.3) is 5.22 Å². The molecular weight excluding hydrogens is 364 g/mol. The standard InChI is InChI=1S/C19H26N4O3S/c1-3-22(4-2)17(24)13-21-9-11-23(12-10-21)18(25)14-27-19-20-15-7-5-6-8-16(15)26-19/h5-8H,3-4,9-14H2,1-2H3. The van der Waals surface area contributed by atoms with Gasteiger partial charge in [0.15, 0.2) is 5.58 Å². The van der Waals surface area contributed by atoms with Crippen molar-refractivity contribution in [1.29, 1.82) is 0 Å². The number of hydrogen-bond acceptors (Lipinski definition) is 6. The van der Waals surface area contributed by atoms with E-state index in [-0.39, 0.29) is 11.8 Å². The first-order chi connectivity index (χ1) is 13.1. The third-order valence-corrected chi connectivity index (χ3v) is 5.61. The van der Waals surface area contributed by atoms with Crippen molar-refractivity contribution in [2.75, 3.05) is 51.6 Å². The van der Waals surface area contributed by atoms with E-state index in [1.807, 2.05) is 47.9 Å². The van der Waals surface area contributed by atoms with Crippen molar-refractivity contribution in [2.24, 2.45) is 0 Å². The Balaban J connectivity index is 1.43. The number of piperazine rings is 1. The number of aromatic nitrogens is 1. The number of oxazole rings is 1. The van der Waals surface area contributed by atoms with Crippen molar-refractivity contribution in [1.82, 2.24) is 19.7 Å². The number of carbonyl (C=O) groups is 2. The van der Waals surface area contributed by atoms with Gasteiger partial charge in [-0.15, -0.1) is 0 Å². The number of amides is 2. The maximum absolute atomic E-state index is 12.5. The van der Waals surface area contributed by atoms with E-state index in [9.17, 15) is 9.59 Å². The zero-order chi connectivity index (χ0) is 19.2. The van der Waals surface area contributed by atoms with E-state index in [4.69, 9.17) is 4.42 Å². The molecular formula is C19H26N4O3S. The number of para-hydroxylation sites is 2. The molecule has 0 saturated carbocycles. The Kier molecular flexibility index (Phi) is 6.73. The number of rotatable bonds is 7. The largest absolute Gasteiger partial charge is 0.431 e. The second kappa shape index (κ2) is 9.23. The van der Waals surface area contributed by atoms with Crippen molar-refractivity contribution in [3.63, 3.8) is 0 Å². The highest BCUT2D eigenvalue weighted by Crippen LogP contribution is 2.23. The molecule has 3 rings (SSSR count). The van der Waals surface area contributed by atoms with Gasteiger partial charge in [-0.2, -0.15) is 0 Å². The van der Waals surface area contributed by atoms with E-state index in [1.54, 1.807) is 0 Å². The highest BCUT2D eigenvalue weighted by Gasteiger charge is 2.24. The Hall–Kier alpha value is -2.06. The lowest BCUT2D eigenvalue weighted by Gasteiger charge is -2.35. The molecule has 2 heterocycles. The second-order valence-electron chi connectivity index (χ2n) is 6.46. The lowest BCUT2D eigenvalue weighted by molar-refractivity contribution is -0.133. The van der Waals surface area contributed by atoms with Crippen LogP contribution in [0.1, 0.15) is 13.8 Å². The smallest absolute Gasteiger partial charge is 0.257 e. The monoisotopic (exact) mass is 390 g/mol. The summed E-state index contributed by atoms with van der Waals surface area (Å²) in [7, 11) is 0. The highest BCUT2D eigenvalue weighted by molar-refractivity contribution is 7.99. The lowest BCUT2D eigenvalue weighted by atomic mass is 10.3. The van der Waals surface area contributed by atoms with Crippen LogP contribution in [0.15, 0.2) is 33.9 Å². The van der Waals surface area contributed by atoms with Crippen LogP contribution in [0.4, 0.5) is 0 Å². The van der Waals surface area contributed by atoms with E-state index in [0.717, 1.165) is 37.3 Å². The molecule has 0 unspecified atom stereocenters. The molecule has 0 N–H and O–H groups in total. The predicted octanol–water partition coefficient (Wildman–Crippen LogP) is 1.93. The van der Waals surface area contributed by atoms with Crippen molar-refractivity contribution in [3.8, 4) is 0 Å². The van der Waals surface area contributed by atoms with Crippen LogP contribution in [0.2, 0.25) is 0 Å². The van der Waals surface area contributed by atoms with Crippen LogP contribution < -0.4 is 0 Å². The predicted molar refractivity (Wildman–Crippen MR) is 106 cm³/mol. The van der Waals surface area contributed by atoms with Crippen molar-refractivity contribution in [2.45, 2.75) is 19.1 Å². The van der Waals surface area contributed by atoms with Gasteiger partial charge in [0.1, 0.15) is 5.52 Å². The number of likely N-dealkylation sites (N-methyl/N-ethyl adjacent to an activating group) is 1. The first-order valence-corrected chi connectivity index (χ1v) is 10.4. The molecule has 0 bridgehead atoms. The quantitative estimate of drug-likeness (QED) is 0.673. The van der Waals surface area contributed by atoms with Crippen molar-refractivity contribution in [3.05, 3.63) is 24.3 Å². The first kappa shape index (κ1) is 19.7. The number of hydrogen-bond donors (Lipinski definition) is 0. The summed E-state index contributed by atoms with van der Waals surface area (Å²) in [4.78, 5) is 34.9. The van der Waals surface area contributed by atoms with E-state index in [2.05, 4.69) is 9.88 Å². The fraction of sp³-hybridized carbons (Fsp3) is 0.526. The van der Waals surface area contributed by atoms with Crippen molar-refractivity contribution < 1.29 is 14.0 Å². The van der Waals surface area contributed by atoms with Crippen LogP contribution in [0.5, 0.6) is 0 Å². The van der Waals surface area contributed by atoms with Crippen LogP contribution in [-0.4, -0.2) is 83.1 Å². The van der Waals surface area contributed by atoms with E-state index in [1.165, 1.54) is 11.8 Å². The molecule has 1 aromatic heterocycles. The maximum atomic E-state index is 12.5. The van der Waals surface area contributed by atoms with Crippen molar-refractivity contribution >= 4 is 34.7 Å². The molecule has 146 valence electrons. The first-order valence-electron chi connectivity index (χ1n) is 9.37. The fourth-order valence-corrected chi connectivity index (χ4v) is 3.89. The summed E-state index contributed by atoms with van der Waals surface area (Å²) in [6, 6.07) is 7.57. The molecule has 1 fully saturated rings. The minimum Gasteiger partial charge on any atom is -0.431 e. The molecule has 2 aromatic rings. The maximum Gasteiger partial charge on any atom is 0.257 e. The van der Waals surface area contributed by atoms with Gasteiger partial charge in [0.05, 0.1) is 12.3 Å². The van der Waals surface area contributed by atoms with Gasteiger partial charge in [0, 0.05) is 39.3 Å². The summed E-state index contributed by atoms with van der Waals surface area (Å²) >= 11 is 1.33. The summed E-state index contributed by atoms with van der Waals surface area (Å²) in [5.41, 5.74) is 1.54. The summed E-state index contributed by atoms with van der Waals surface area (Å²) < 4.78 is 5.64. The van der Waals surface area contributed by atoms with Gasteiger partial charge in [-0.25, -0.2) is 4.98 Å². The Morgan fingerprint density at radius 2 is 1.85 bits per heavy atom. The van der Waals surface area contributed by atoms with Gasteiger partial charge in [-0.3, -0.25) is 14.5 Å². The van der Waals surface area contributed by atoms with Crippen LogP contribution in [0.25, 0.3) is 11.1 Å². The number of thioether (sulfide) groups is 1. The number of nitrogens with zero attached hydrogens (tertiary/aromatic N) is 4. The molecule has 1 aromatic carbocycles. The lowest BCUT2D eigenvalue weighted by Crippen LogP contribution is -2.52. The third kappa shape index (κ3) is 5.01. The van der Waals surface area contributed by atoms with Crippen LogP contribution in [-0.2, 0) is 9.59 Å². The molecule has 0 atom stereocenters. The van der Waals surface area contributed by atoms with E-state index in [0.29, 0.717) is 30.6 Å². The molecule has 0 radical (unpaired) electrons. The normalized spacial score (nSPS) is 15.3. The van der Waals surface area contributed by atoms with Gasteiger partial charge < -0.3 is 14.2 Å². The Morgan fingerprint density at radius 1 is 1.15 bits per heavy atom. The fourth-order valence-electron chi connectivity index (χ4n) is 3.15. The molecule has 2 amide bonds. The van der Waals surface area contributed by atoms with Gasteiger partial charge in [-0.05, 0) is 26.0 Å². The summed E-state index contributed by atoms with van der Waals surface area (Å²) in [6.45, 7) is 8.65. The Labute approximate surface area is 163 Å². The second-order valence-corrected chi connectivity index (χ2v) is 7.39.